The van der Waals surface area contributed by atoms with E-state index in [1.807, 2.05) is 37.1 Å². The Morgan fingerprint density at radius 1 is 0.712 bits per heavy atom. The van der Waals surface area contributed by atoms with Crippen molar-refractivity contribution in [2.24, 2.45) is 0 Å². The van der Waals surface area contributed by atoms with Crippen LogP contribution in [0.5, 0.6) is 0 Å². The van der Waals surface area contributed by atoms with E-state index in [4.69, 9.17) is 49.6 Å². The molecule has 0 unspecified atom stereocenters. The van der Waals surface area contributed by atoms with Gasteiger partial charge in [-0.3, -0.25) is 19.9 Å². The SMILES string of the molecule is CC(C)n1cnc2c(-c3cccnc3)nc(C3CCN(Cc4cccnc4)CC3)cc21.O=C(O)C(F)(F)F.O=C(O)C(F)(F)F.O=C(O)C(F)(F)F.O=C(O)C(F)(F)F. The predicted molar refractivity (Wildman–Crippen MR) is 177 cm³/mol. The molecule has 1 aliphatic rings. The molecule has 0 amide bonds. The van der Waals surface area contributed by atoms with Crippen LogP contribution in [0.25, 0.3) is 22.3 Å². The first-order valence-electron chi connectivity index (χ1n) is 16.1. The van der Waals surface area contributed by atoms with Gasteiger partial charge in [0.15, 0.2) is 0 Å². The van der Waals surface area contributed by atoms with E-state index < -0.39 is 48.6 Å². The zero-order chi connectivity index (χ0) is 45.5. The summed E-state index contributed by atoms with van der Waals surface area (Å²) in [6, 6.07) is 10.8. The summed E-state index contributed by atoms with van der Waals surface area (Å²) in [5, 5.41) is 28.5. The van der Waals surface area contributed by atoms with E-state index in [-0.39, 0.29) is 0 Å². The number of likely N-dealkylation sites (tertiary alicyclic amines) is 1. The maximum atomic E-state index is 10.6. The summed E-state index contributed by atoms with van der Waals surface area (Å²) >= 11 is 0. The van der Waals surface area contributed by atoms with E-state index in [1.54, 1.807) is 6.20 Å². The summed E-state index contributed by atoms with van der Waals surface area (Å²) in [7, 11) is 0. The molecule has 0 saturated carbocycles. The number of aromatic nitrogens is 5. The van der Waals surface area contributed by atoms with Gasteiger partial charge in [-0.05, 0) is 69.6 Å². The number of rotatable bonds is 5. The lowest BCUT2D eigenvalue weighted by atomic mass is 9.92. The Bertz CT molecular complexity index is 1870. The number of carbonyl (C=O) groups is 4. The molecular formula is C33H32F12N6O8. The van der Waals surface area contributed by atoms with Crippen LogP contribution >= 0.6 is 0 Å². The quantitative estimate of drug-likeness (QED) is 0.145. The highest BCUT2D eigenvalue weighted by atomic mass is 19.4. The van der Waals surface area contributed by atoms with Crippen LogP contribution in [0.1, 0.15) is 49.9 Å². The van der Waals surface area contributed by atoms with Crippen molar-refractivity contribution in [1.29, 1.82) is 0 Å². The average molecular weight is 869 g/mol. The molecule has 326 valence electrons. The van der Waals surface area contributed by atoms with Gasteiger partial charge in [-0.25, -0.2) is 24.2 Å². The third kappa shape index (κ3) is 17.9. The van der Waals surface area contributed by atoms with Crippen LogP contribution in [-0.4, -0.2) is 112 Å². The van der Waals surface area contributed by atoms with Crippen LogP contribution in [0.2, 0.25) is 0 Å². The van der Waals surface area contributed by atoms with E-state index in [0.29, 0.717) is 12.0 Å². The molecule has 4 aromatic heterocycles. The largest absolute Gasteiger partial charge is 0.490 e. The fraction of sp³-hybridized carbons (Fsp3) is 0.394. The summed E-state index contributed by atoms with van der Waals surface area (Å²) in [6.07, 6.45) is -8.68. The van der Waals surface area contributed by atoms with Crippen molar-refractivity contribution in [1.82, 2.24) is 29.4 Å². The Morgan fingerprint density at radius 2 is 1.14 bits per heavy atom. The molecule has 0 aromatic carbocycles. The minimum Gasteiger partial charge on any atom is -0.475 e. The molecular weight excluding hydrogens is 836 g/mol. The highest BCUT2D eigenvalue weighted by molar-refractivity contribution is 5.90. The van der Waals surface area contributed by atoms with Gasteiger partial charge < -0.3 is 25.0 Å². The van der Waals surface area contributed by atoms with Crippen LogP contribution in [0, 0.1) is 0 Å². The van der Waals surface area contributed by atoms with Crippen molar-refractivity contribution in [3.8, 4) is 11.3 Å². The first kappa shape index (κ1) is 50.9. The first-order chi connectivity index (χ1) is 27.0. The lowest BCUT2D eigenvalue weighted by molar-refractivity contribution is -0.193. The van der Waals surface area contributed by atoms with Crippen molar-refractivity contribution >= 4 is 34.9 Å². The summed E-state index contributed by atoms with van der Waals surface area (Å²) in [6.45, 7) is 7.51. The summed E-state index contributed by atoms with van der Waals surface area (Å²) in [4.78, 5) is 56.5. The van der Waals surface area contributed by atoms with E-state index in [1.165, 1.54) is 11.3 Å². The number of carboxylic acid groups (broad SMARTS) is 4. The maximum absolute atomic E-state index is 10.6. The van der Waals surface area contributed by atoms with Gasteiger partial charge >= 0.3 is 48.6 Å². The Morgan fingerprint density at radius 3 is 1.49 bits per heavy atom. The van der Waals surface area contributed by atoms with Crippen LogP contribution in [-0.2, 0) is 25.7 Å². The molecule has 59 heavy (non-hydrogen) atoms. The molecule has 0 radical (unpaired) electrons. The van der Waals surface area contributed by atoms with Crippen LogP contribution in [0.3, 0.4) is 0 Å². The second kappa shape index (κ2) is 21.6. The molecule has 4 N–H and O–H groups in total. The number of carboxylic acids is 4. The fourth-order valence-electron chi connectivity index (χ4n) is 4.51. The van der Waals surface area contributed by atoms with Gasteiger partial charge in [0.25, 0.3) is 0 Å². The lowest BCUT2D eigenvalue weighted by Crippen LogP contribution is -2.32. The van der Waals surface area contributed by atoms with E-state index in [0.717, 1.165) is 54.8 Å². The smallest absolute Gasteiger partial charge is 0.475 e. The summed E-state index contributed by atoms with van der Waals surface area (Å²) < 4.78 is 129. The average Bonchev–Trinajstić information content (AvgIpc) is 3.56. The topological polar surface area (TPSA) is 209 Å². The lowest BCUT2D eigenvalue weighted by Gasteiger charge is -2.32. The molecule has 5 rings (SSSR count). The number of hydrogen-bond acceptors (Lipinski definition) is 9. The monoisotopic (exact) mass is 868 g/mol. The van der Waals surface area contributed by atoms with Crippen molar-refractivity contribution in [3.05, 3.63) is 72.7 Å². The van der Waals surface area contributed by atoms with Crippen molar-refractivity contribution in [2.75, 3.05) is 13.1 Å². The van der Waals surface area contributed by atoms with Gasteiger partial charge in [-0.2, -0.15) is 52.7 Å². The fourth-order valence-corrected chi connectivity index (χ4v) is 4.51. The third-order valence-corrected chi connectivity index (χ3v) is 7.18. The van der Waals surface area contributed by atoms with Crippen LogP contribution in [0.15, 0.2) is 61.4 Å². The van der Waals surface area contributed by atoms with Gasteiger partial charge in [0.2, 0.25) is 0 Å². The van der Waals surface area contributed by atoms with E-state index >= 15 is 0 Å². The number of alkyl halides is 12. The number of halogens is 12. The minimum atomic E-state index is -5.08. The van der Waals surface area contributed by atoms with Gasteiger partial charge in [-0.15, -0.1) is 0 Å². The minimum absolute atomic E-state index is 0.350. The number of aliphatic carboxylic acids is 4. The third-order valence-electron chi connectivity index (χ3n) is 7.18. The predicted octanol–water partition coefficient (Wildman–Crippen LogP) is 7.38. The Hall–Kier alpha value is -6.08. The van der Waals surface area contributed by atoms with Crippen molar-refractivity contribution < 1.29 is 92.3 Å². The second-order valence-corrected chi connectivity index (χ2v) is 11.9. The molecule has 1 saturated heterocycles. The van der Waals surface area contributed by atoms with Crippen LogP contribution in [0.4, 0.5) is 52.7 Å². The van der Waals surface area contributed by atoms with Crippen LogP contribution < -0.4 is 0 Å². The standard InChI is InChI=1S/C25H28N6.4C2HF3O2/c1-18(2)31-17-28-25-23(31)13-22(29-24(25)21-6-4-10-27-15-21)20-7-11-30(12-8-20)16-19-5-3-9-26-14-19;4*3-2(4,5)1(6)7/h3-6,9-10,13-15,17-18,20H,7-8,11-12,16H2,1-2H3;4*(H,6,7). The first-order valence-corrected chi connectivity index (χ1v) is 16.1. The van der Waals surface area contributed by atoms with Gasteiger partial charge in [0.1, 0.15) is 5.52 Å². The number of hydrogen-bond donors (Lipinski definition) is 4. The molecule has 1 aliphatic heterocycles. The number of pyridine rings is 3. The zero-order valence-electron chi connectivity index (χ0n) is 30.1. The highest BCUT2D eigenvalue weighted by Gasteiger charge is 2.40. The van der Waals surface area contributed by atoms with Crippen molar-refractivity contribution in [3.63, 3.8) is 0 Å². The van der Waals surface area contributed by atoms with E-state index in [2.05, 4.69) is 51.5 Å². The number of imidazole rings is 1. The van der Waals surface area contributed by atoms with Crippen molar-refractivity contribution in [2.45, 2.75) is 69.9 Å². The molecule has 0 bridgehead atoms. The number of nitrogens with zero attached hydrogens (tertiary/aromatic N) is 6. The Balaban J connectivity index is 0.000000505. The summed E-state index contributed by atoms with van der Waals surface area (Å²) in [5.74, 6) is -10.6. The molecule has 5 heterocycles. The molecule has 1 fully saturated rings. The molecule has 0 atom stereocenters. The Kier molecular flexibility index (Phi) is 18.7. The zero-order valence-corrected chi connectivity index (χ0v) is 30.1. The number of piperidine rings is 1. The number of fused-ring (bicyclic) bond motifs is 1. The molecule has 14 nitrogen and oxygen atoms in total. The van der Waals surface area contributed by atoms with Gasteiger partial charge in [0, 0.05) is 54.5 Å². The normalized spacial score (nSPS) is 13.6. The second-order valence-electron chi connectivity index (χ2n) is 11.9. The molecule has 0 aliphatic carbocycles. The molecule has 0 spiro atoms. The highest BCUT2D eigenvalue weighted by Crippen LogP contribution is 2.34. The molecule has 4 aromatic rings. The summed E-state index contributed by atoms with van der Waals surface area (Å²) in [5.41, 5.74) is 6.54. The van der Waals surface area contributed by atoms with E-state index in [9.17, 15) is 52.7 Å². The Labute approximate surface area is 323 Å². The molecule has 26 heteroatoms. The maximum Gasteiger partial charge on any atom is 0.490 e. The van der Waals surface area contributed by atoms with Gasteiger partial charge in [-0.1, -0.05) is 6.07 Å². The van der Waals surface area contributed by atoms with Gasteiger partial charge in [0.05, 0.1) is 17.5 Å².